The number of halogens is 3. The van der Waals surface area contributed by atoms with Gasteiger partial charge in [0.15, 0.2) is 4.77 Å². The molecule has 6 heteroatoms. The number of aromatic amines is 1. The highest BCUT2D eigenvalue weighted by molar-refractivity contribution is 7.71. The number of hydrogen-bond donors (Lipinski definition) is 1. The summed E-state index contributed by atoms with van der Waals surface area (Å²) in [6.07, 6.45) is -1.71. The number of H-pyrrole nitrogens is 1. The molecule has 2 rings (SSSR count). The van der Waals surface area contributed by atoms with E-state index in [-0.39, 0.29) is 5.54 Å². The molecule has 2 nitrogen and oxygen atoms in total. The Morgan fingerprint density at radius 1 is 1.10 bits per heavy atom. The van der Waals surface area contributed by atoms with E-state index in [1.165, 1.54) is 6.07 Å². The van der Waals surface area contributed by atoms with Crippen molar-refractivity contribution < 1.29 is 13.2 Å². The van der Waals surface area contributed by atoms with Gasteiger partial charge in [-0.3, -0.25) is 0 Å². The fourth-order valence-corrected chi connectivity index (χ4v) is 3.39. The molecule has 0 atom stereocenters. The maximum Gasteiger partial charge on any atom is 0.416 e. The smallest absolute Gasteiger partial charge is 0.331 e. The predicted octanol–water partition coefficient (Wildman–Crippen LogP) is 5.64. The monoisotopic (exact) mass is 316 g/mol. The van der Waals surface area contributed by atoms with E-state index >= 15 is 0 Å². The predicted molar refractivity (Wildman–Crippen MR) is 81.0 cm³/mol. The fourth-order valence-electron chi connectivity index (χ4n) is 2.98. The minimum Gasteiger partial charge on any atom is -0.331 e. The molecule has 0 amide bonds. The van der Waals surface area contributed by atoms with Crippen molar-refractivity contribution in [1.82, 2.24) is 9.55 Å². The van der Waals surface area contributed by atoms with Crippen LogP contribution in [0.3, 0.4) is 0 Å². The topological polar surface area (TPSA) is 20.7 Å². The van der Waals surface area contributed by atoms with Gasteiger partial charge in [0.25, 0.3) is 0 Å². The molecule has 1 N–H and O–H groups in total. The molecule has 0 unspecified atom stereocenters. The minimum absolute atomic E-state index is 0.158. The van der Waals surface area contributed by atoms with E-state index in [0.717, 1.165) is 36.9 Å². The van der Waals surface area contributed by atoms with Crippen molar-refractivity contribution in [2.24, 2.45) is 0 Å². The van der Waals surface area contributed by atoms with Crippen LogP contribution in [0.2, 0.25) is 0 Å². The molecule has 2 aromatic rings. The van der Waals surface area contributed by atoms with Gasteiger partial charge in [-0.15, -0.1) is 0 Å². The molecule has 0 saturated heterocycles. The van der Waals surface area contributed by atoms with Crippen molar-refractivity contribution >= 4 is 23.3 Å². The van der Waals surface area contributed by atoms with Crippen molar-refractivity contribution in [3.63, 3.8) is 0 Å². The fraction of sp³-hybridized carbons (Fsp3) is 0.533. The van der Waals surface area contributed by atoms with E-state index in [1.54, 1.807) is 0 Å². The van der Waals surface area contributed by atoms with E-state index in [1.807, 2.05) is 4.57 Å². The Hall–Kier alpha value is -1.30. The lowest BCUT2D eigenvalue weighted by atomic mass is 9.89. The number of nitrogens with one attached hydrogen (secondary N) is 1. The minimum atomic E-state index is -4.34. The summed E-state index contributed by atoms with van der Waals surface area (Å²) >= 11 is 5.36. The van der Waals surface area contributed by atoms with Gasteiger partial charge in [-0.1, -0.05) is 20.8 Å². The first kappa shape index (κ1) is 16.1. The summed E-state index contributed by atoms with van der Waals surface area (Å²) in [6, 6.07) is 3.76. The first-order chi connectivity index (χ1) is 9.79. The van der Waals surface area contributed by atoms with Gasteiger partial charge in [0, 0.05) is 5.54 Å². The normalized spacial score (nSPS) is 13.0. The number of aromatic nitrogens is 2. The van der Waals surface area contributed by atoms with Crippen molar-refractivity contribution in [1.29, 1.82) is 0 Å². The Labute approximate surface area is 127 Å². The van der Waals surface area contributed by atoms with Gasteiger partial charge in [0.2, 0.25) is 0 Å². The van der Waals surface area contributed by atoms with Crippen LogP contribution in [0.15, 0.2) is 18.2 Å². The summed E-state index contributed by atoms with van der Waals surface area (Å²) in [5, 5.41) is 0. The second-order valence-corrected chi connectivity index (χ2v) is 5.67. The van der Waals surface area contributed by atoms with Crippen LogP contribution in [-0.4, -0.2) is 9.55 Å². The van der Waals surface area contributed by atoms with Gasteiger partial charge >= 0.3 is 6.18 Å². The molecule has 1 heterocycles. The van der Waals surface area contributed by atoms with E-state index < -0.39 is 11.7 Å². The van der Waals surface area contributed by atoms with Crippen molar-refractivity contribution in [2.45, 2.75) is 51.7 Å². The zero-order valence-electron chi connectivity index (χ0n) is 12.3. The van der Waals surface area contributed by atoms with Crippen LogP contribution in [0.4, 0.5) is 13.2 Å². The van der Waals surface area contributed by atoms with Crippen LogP contribution in [0.1, 0.15) is 45.6 Å². The van der Waals surface area contributed by atoms with E-state index in [4.69, 9.17) is 12.2 Å². The molecule has 0 spiro atoms. The molecule has 116 valence electrons. The van der Waals surface area contributed by atoms with Gasteiger partial charge in [0.1, 0.15) is 0 Å². The van der Waals surface area contributed by atoms with E-state index in [2.05, 4.69) is 25.8 Å². The number of fused-ring (bicyclic) bond motifs is 1. The zero-order valence-corrected chi connectivity index (χ0v) is 13.2. The van der Waals surface area contributed by atoms with Crippen LogP contribution in [-0.2, 0) is 11.7 Å². The van der Waals surface area contributed by atoms with E-state index in [0.29, 0.717) is 10.3 Å². The summed E-state index contributed by atoms with van der Waals surface area (Å²) in [4.78, 5) is 2.93. The van der Waals surface area contributed by atoms with Gasteiger partial charge in [-0.05, 0) is 49.7 Å². The second-order valence-electron chi connectivity index (χ2n) is 5.28. The maximum absolute atomic E-state index is 12.8. The summed E-state index contributed by atoms with van der Waals surface area (Å²) in [6.45, 7) is 6.24. The SMILES string of the molecule is CCC(CC)(CC)n1c(=S)[nH]c2cc(C(F)(F)F)ccc21. The summed E-state index contributed by atoms with van der Waals surface area (Å²) < 4.78 is 40.9. The highest BCUT2D eigenvalue weighted by Gasteiger charge is 2.32. The third-order valence-electron chi connectivity index (χ3n) is 4.46. The Bertz CT molecular complexity index is 685. The third kappa shape index (κ3) is 2.61. The molecule has 0 aliphatic rings. The van der Waals surface area contributed by atoms with Gasteiger partial charge < -0.3 is 9.55 Å². The van der Waals surface area contributed by atoms with Crippen LogP contribution in [0, 0.1) is 4.77 Å². The highest BCUT2D eigenvalue weighted by Crippen LogP contribution is 2.35. The average Bonchev–Trinajstić information content (AvgIpc) is 2.77. The summed E-state index contributed by atoms with van der Waals surface area (Å²) in [7, 11) is 0. The van der Waals surface area contributed by atoms with Crippen molar-refractivity contribution in [3.05, 3.63) is 28.5 Å². The van der Waals surface area contributed by atoms with Gasteiger partial charge in [-0.25, -0.2) is 0 Å². The third-order valence-corrected chi connectivity index (χ3v) is 4.74. The lowest BCUT2D eigenvalue weighted by Crippen LogP contribution is -2.31. The molecule has 1 aromatic carbocycles. The molecule has 0 fully saturated rings. The van der Waals surface area contributed by atoms with Crippen molar-refractivity contribution in [2.75, 3.05) is 0 Å². The molecular formula is C15H19F3N2S. The number of benzene rings is 1. The molecule has 0 aliphatic heterocycles. The van der Waals surface area contributed by atoms with Gasteiger partial charge in [-0.2, -0.15) is 13.2 Å². The molecule has 0 radical (unpaired) electrons. The van der Waals surface area contributed by atoms with E-state index in [9.17, 15) is 13.2 Å². The van der Waals surface area contributed by atoms with Crippen LogP contribution in [0.5, 0.6) is 0 Å². The zero-order chi connectivity index (χ0) is 15.8. The Kier molecular flexibility index (Phi) is 4.19. The standard InChI is InChI=1S/C15H19F3N2S/c1-4-14(5-2,6-3)20-12-8-7-10(15(16,17)18)9-11(12)19-13(20)21/h7-9H,4-6H2,1-3H3,(H,19,21). The molecule has 0 bridgehead atoms. The first-order valence-electron chi connectivity index (χ1n) is 7.11. The average molecular weight is 316 g/mol. The lowest BCUT2D eigenvalue weighted by molar-refractivity contribution is -0.137. The van der Waals surface area contributed by atoms with Gasteiger partial charge in [0.05, 0.1) is 16.6 Å². The summed E-state index contributed by atoms with van der Waals surface area (Å²) in [5.74, 6) is 0. The number of imidazole rings is 1. The second kappa shape index (κ2) is 5.48. The highest BCUT2D eigenvalue weighted by atomic mass is 32.1. The van der Waals surface area contributed by atoms with Crippen LogP contribution < -0.4 is 0 Å². The Morgan fingerprint density at radius 3 is 2.14 bits per heavy atom. The molecule has 0 aliphatic carbocycles. The summed E-state index contributed by atoms with van der Waals surface area (Å²) in [5.41, 5.74) is 0.358. The Morgan fingerprint density at radius 2 is 1.67 bits per heavy atom. The number of alkyl halides is 3. The Balaban J connectivity index is 2.73. The number of hydrogen-bond acceptors (Lipinski definition) is 1. The number of rotatable bonds is 4. The quantitative estimate of drug-likeness (QED) is 0.724. The molecular weight excluding hydrogens is 297 g/mol. The largest absolute Gasteiger partial charge is 0.416 e. The maximum atomic E-state index is 12.8. The first-order valence-corrected chi connectivity index (χ1v) is 7.52. The van der Waals surface area contributed by atoms with Crippen LogP contribution in [0.25, 0.3) is 11.0 Å². The van der Waals surface area contributed by atoms with Crippen LogP contribution >= 0.6 is 12.2 Å². The molecule has 1 aromatic heterocycles. The molecule has 21 heavy (non-hydrogen) atoms. The lowest BCUT2D eigenvalue weighted by Gasteiger charge is -2.33. The number of nitrogens with zero attached hydrogens (tertiary/aromatic N) is 1. The van der Waals surface area contributed by atoms with Crippen molar-refractivity contribution in [3.8, 4) is 0 Å². The molecule has 0 saturated carbocycles.